The van der Waals surface area contributed by atoms with Gasteiger partial charge in [-0.05, 0) is 49.7 Å². The zero-order chi connectivity index (χ0) is 14.5. The van der Waals surface area contributed by atoms with Crippen LogP contribution in [0.25, 0.3) is 11.3 Å². The highest BCUT2D eigenvalue weighted by Crippen LogP contribution is 2.20. The number of carbonyl (C=O) groups is 1. The predicted octanol–water partition coefficient (Wildman–Crippen LogP) is 3.63. The van der Waals surface area contributed by atoms with Crippen LogP contribution in [0.15, 0.2) is 36.4 Å². The van der Waals surface area contributed by atoms with Crippen LogP contribution in [0.5, 0.6) is 0 Å². The number of nitrogens with zero attached hydrogens (tertiary/aromatic N) is 1. The normalized spacial score (nSPS) is 10.3. The number of hydrogen-bond donors (Lipinski definition) is 0. The Hall–Kier alpha value is -2.23. The van der Waals surface area contributed by atoms with Gasteiger partial charge in [-0.3, -0.25) is 4.98 Å². The van der Waals surface area contributed by atoms with Crippen LogP contribution in [-0.4, -0.2) is 17.6 Å². The van der Waals surface area contributed by atoms with Gasteiger partial charge in [-0.1, -0.05) is 6.92 Å². The van der Waals surface area contributed by atoms with E-state index in [1.165, 1.54) is 12.1 Å². The van der Waals surface area contributed by atoms with E-state index in [4.69, 9.17) is 4.74 Å². The predicted molar refractivity (Wildman–Crippen MR) is 75.0 cm³/mol. The number of hydrogen-bond acceptors (Lipinski definition) is 3. The highest BCUT2D eigenvalue weighted by atomic mass is 19.1. The van der Waals surface area contributed by atoms with Gasteiger partial charge in [0.2, 0.25) is 0 Å². The van der Waals surface area contributed by atoms with Gasteiger partial charge in [-0.15, -0.1) is 0 Å². The van der Waals surface area contributed by atoms with Crippen LogP contribution in [0.3, 0.4) is 0 Å². The van der Waals surface area contributed by atoms with Crippen LogP contribution in [0.1, 0.15) is 29.9 Å². The molecule has 0 amide bonds. The Labute approximate surface area is 117 Å². The molecule has 0 aliphatic carbocycles. The van der Waals surface area contributed by atoms with Gasteiger partial charge in [0.05, 0.1) is 23.6 Å². The van der Waals surface area contributed by atoms with Crippen molar-refractivity contribution in [3.8, 4) is 11.3 Å². The summed E-state index contributed by atoms with van der Waals surface area (Å²) in [7, 11) is 0. The number of pyridine rings is 1. The molecular formula is C16H16FNO2. The summed E-state index contributed by atoms with van der Waals surface area (Å²) in [6.45, 7) is 4.03. The number of carbonyl (C=O) groups excluding carboxylic acids is 1. The summed E-state index contributed by atoms with van der Waals surface area (Å²) in [6, 6.07) is 9.58. The summed E-state index contributed by atoms with van der Waals surface area (Å²) in [5.41, 5.74) is 2.71. The third-order valence-electron chi connectivity index (χ3n) is 2.94. The van der Waals surface area contributed by atoms with Gasteiger partial charge in [-0.25, -0.2) is 9.18 Å². The Kier molecular flexibility index (Phi) is 4.45. The van der Waals surface area contributed by atoms with Crippen molar-refractivity contribution in [2.24, 2.45) is 0 Å². The summed E-state index contributed by atoms with van der Waals surface area (Å²) in [5.74, 6) is -0.643. The lowest BCUT2D eigenvalue weighted by Gasteiger charge is -2.09. The van der Waals surface area contributed by atoms with Crippen molar-refractivity contribution in [3.63, 3.8) is 0 Å². The van der Waals surface area contributed by atoms with E-state index in [0.29, 0.717) is 24.3 Å². The molecule has 0 spiro atoms. The van der Waals surface area contributed by atoms with Crippen molar-refractivity contribution < 1.29 is 13.9 Å². The molecule has 0 saturated heterocycles. The minimum atomic E-state index is -0.359. The molecule has 20 heavy (non-hydrogen) atoms. The number of benzene rings is 1. The molecular weight excluding hydrogens is 257 g/mol. The Morgan fingerprint density at radius 3 is 2.45 bits per heavy atom. The number of rotatable bonds is 4. The molecule has 0 saturated carbocycles. The summed E-state index contributed by atoms with van der Waals surface area (Å²) in [4.78, 5) is 16.3. The maximum atomic E-state index is 12.9. The number of ether oxygens (including phenoxy) is 1. The fourth-order valence-electron chi connectivity index (χ4n) is 1.95. The molecule has 0 aliphatic heterocycles. The molecule has 2 rings (SSSR count). The molecule has 3 nitrogen and oxygen atoms in total. The van der Waals surface area contributed by atoms with Crippen LogP contribution in [0, 0.1) is 5.82 Å². The molecule has 4 heteroatoms. The Balaban J connectivity index is 2.38. The van der Waals surface area contributed by atoms with E-state index >= 15 is 0 Å². The molecule has 1 heterocycles. The standard InChI is InChI=1S/C16H16FNO2/c1-3-14-13(16(19)20-4-2)9-10-15(18-14)11-5-7-12(17)8-6-11/h5-10H,3-4H2,1-2H3. The van der Waals surface area contributed by atoms with Crippen molar-refractivity contribution in [2.45, 2.75) is 20.3 Å². The highest BCUT2D eigenvalue weighted by molar-refractivity contribution is 5.91. The minimum absolute atomic E-state index is 0.285. The van der Waals surface area contributed by atoms with Crippen molar-refractivity contribution in [2.75, 3.05) is 6.61 Å². The second-order valence-corrected chi connectivity index (χ2v) is 4.27. The molecule has 104 valence electrons. The summed E-state index contributed by atoms with van der Waals surface area (Å²) in [6.07, 6.45) is 0.628. The van der Waals surface area contributed by atoms with E-state index in [1.54, 1.807) is 31.2 Å². The molecule has 0 bridgehead atoms. The highest BCUT2D eigenvalue weighted by Gasteiger charge is 2.13. The lowest BCUT2D eigenvalue weighted by Crippen LogP contribution is -2.09. The molecule has 0 unspecified atom stereocenters. The number of halogens is 1. The largest absolute Gasteiger partial charge is 0.462 e. The average molecular weight is 273 g/mol. The first-order valence-corrected chi connectivity index (χ1v) is 6.58. The first-order chi connectivity index (χ1) is 9.65. The van der Waals surface area contributed by atoms with Gasteiger partial charge < -0.3 is 4.74 Å². The van der Waals surface area contributed by atoms with Crippen LogP contribution in [0.2, 0.25) is 0 Å². The van der Waals surface area contributed by atoms with Crippen LogP contribution < -0.4 is 0 Å². The van der Waals surface area contributed by atoms with Crippen molar-refractivity contribution in [3.05, 3.63) is 53.5 Å². The van der Waals surface area contributed by atoms with E-state index in [1.807, 2.05) is 6.92 Å². The molecule has 2 aromatic rings. The topological polar surface area (TPSA) is 39.2 Å². The van der Waals surface area contributed by atoms with Crippen LogP contribution >= 0.6 is 0 Å². The third-order valence-corrected chi connectivity index (χ3v) is 2.94. The zero-order valence-electron chi connectivity index (χ0n) is 11.5. The quantitative estimate of drug-likeness (QED) is 0.798. The molecule has 0 fully saturated rings. The monoisotopic (exact) mass is 273 g/mol. The SMILES string of the molecule is CCOC(=O)c1ccc(-c2ccc(F)cc2)nc1CC. The van der Waals surface area contributed by atoms with Crippen LogP contribution in [-0.2, 0) is 11.2 Å². The summed E-state index contributed by atoms with van der Waals surface area (Å²) < 4.78 is 17.9. The fraction of sp³-hybridized carbons (Fsp3) is 0.250. The van der Waals surface area contributed by atoms with Crippen molar-refractivity contribution in [1.29, 1.82) is 0 Å². The van der Waals surface area contributed by atoms with Gasteiger partial charge in [-0.2, -0.15) is 0 Å². The van der Waals surface area contributed by atoms with Gasteiger partial charge in [0.25, 0.3) is 0 Å². The minimum Gasteiger partial charge on any atom is -0.462 e. The van der Waals surface area contributed by atoms with Gasteiger partial charge >= 0.3 is 5.97 Å². The second-order valence-electron chi connectivity index (χ2n) is 4.27. The molecule has 1 aromatic heterocycles. The van der Waals surface area contributed by atoms with E-state index in [2.05, 4.69) is 4.98 Å². The average Bonchev–Trinajstić information content (AvgIpc) is 2.47. The fourth-order valence-corrected chi connectivity index (χ4v) is 1.95. The molecule has 1 aromatic carbocycles. The summed E-state index contributed by atoms with van der Waals surface area (Å²) >= 11 is 0. The Morgan fingerprint density at radius 1 is 1.15 bits per heavy atom. The van der Waals surface area contributed by atoms with E-state index < -0.39 is 0 Å². The van der Waals surface area contributed by atoms with E-state index in [0.717, 1.165) is 11.3 Å². The zero-order valence-corrected chi connectivity index (χ0v) is 11.5. The Morgan fingerprint density at radius 2 is 1.85 bits per heavy atom. The molecule has 0 atom stereocenters. The van der Waals surface area contributed by atoms with Crippen molar-refractivity contribution >= 4 is 5.97 Å². The van der Waals surface area contributed by atoms with Gasteiger partial charge in [0, 0.05) is 5.56 Å². The van der Waals surface area contributed by atoms with E-state index in [-0.39, 0.29) is 11.8 Å². The van der Waals surface area contributed by atoms with Crippen molar-refractivity contribution in [1.82, 2.24) is 4.98 Å². The first-order valence-electron chi connectivity index (χ1n) is 6.58. The number of esters is 1. The van der Waals surface area contributed by atoms with Crippen LogP contribution in [0.4, 0.5) is 4.39 Å². The Bertz CT molecular complexity index is 608. The maximum Gasteiger partial charge on any atom is 0.339 e. The third kappa shape index (κ3) is 3.02. The van der Waals surface area contributed by atoms with Gasteiger partial charge in [0.1, 0.15) is 5.82 Å². The smallest absolute Gasteiger partial charge is 0.339 e. The number of aryl methyl sites for hydroxylation is 1. The molecule has 0 N–H and O–H groups in total. The molecule has 0 radical (unpaired) electrons. The maximum absolute atomic E-state index is 12.9. The second kappa shape index (κ2) is 6.28. The number of aromatic nitrogens is 1. The summed E-state index contributed by atoms with van der Waals surface area (Å²) in [5, 5.41) is 0. The first kappa shape index (κ1) is 14.2. The lowest BCUT2D eigenvalue weighted by molar-refractivity contribution is 0.0524. The molecule has 0 aliphatic rings. The van der Waals surface area contributed by atoms with E-state index in [9.17, 15) is 9.18 Å². The van der Waals surface area contributed by atoms with Gasteiger partial charge in [0.15, 0.2) is 0 Å². The lowest BCUT2D eigenvalue weighted by atomic mass is 10.1.